The molecule has 0 spiro atoms. The SMILES string of the molecule is C[C@@H]1C[C@H](C)CN([C@@H](C)C(=O)Nc2ccc(F)cc2Cl)C1. The molecule has 21 heavy (non-hydrogen) atoms. The lowest BCUT2D eigenvalue weighted by Crippen LogP contribution is -2.48. The Morgan fingerprint density at radius 3 is 2.57 bits per heavy atom. The second-order valence-electron chi connectivity index (χ2n) is 6.19. The number of rotatable bonds is 3. The van der Waals surface area contributed by atoms with E-state index in [9.17, 15) is 9.18 Å². The molecular weight excluding hydrogens is 291 g/mol. The summed E-state index contributed by atoms with van der Waals surface area (Å²) in [7, 11) is 0. The third kappa shape index (κ3) is 4.17. The first kappa shape index (κ1) is 16.2. The Bertz CT molecular complexity index is 513. The maximum absolute atomic E-state index is 13.0. The average molecular weight is 313 g/mol. The van der Waals surface area contributed by atoms with Crippen LogP contribution in [0.2, 0.25) is 5.02 Å². The van der Waals surface area contributed by atoms with Gasteiger partial charge in [-0.15, -0.1) is 0 Å². The van der Waals surface area contributed by atoms with Crippen LogP contribution in [0, 0.1) is 17.7 Å². The Labute approximate surface area is 130 Å². The van der Waals surface area contributed by atoms with Crippen molar-refractivity contribution in [3.05, 3.63) is 29.0 Å². The van der Waals surface area contributed by atoms with E-state index in [-0.39, 0.29) is 17.0 Å². The molecule has 116 valence electrons. The topological polar surface area (TPSA) is 32.3 Å². The van der Waals surface area contributed by atoms with E-state index in [0.717, 1.165) is 13.1 Å². The Kier molecular flexibility index (Phi) is 5.22. The maximum Gasteiger partial charge on any atom is 0.241 e. The zero-order valence-corrected chi connectivity index (χ0v) is 13.5. The number of nitrogens with one attached hydrogen (secondary N) is 1. The molecular formula is C16H22ClFN2O. The van der Waals surface area contributed by atoms with Gasteiger partial charge >= 0.3 is 0 Å². The van der Waals surface area contributed by atoms with Crippen molar-refractivity contribution in [2.45, 2.75) is 33.2 Å². The van der Waals surface area contributed by atoms with E-state index in [1.807, 2.05) is 6.92 Å². The molecule has 1 N–H and O–H groups in total. The highest BCUT2D eigenvalue weighted by molar-refractivity contribution is 6.33. The lowest BCUT2D eigenvalue weighted by atomic mass is 9.91. The molecule has 1 aromatic carbocycles. The normalized spacial score (nSPS) is 24.6. The molecule has 1 fully saturated rings. The zero-order valence-electron chi connectivity index (χ0n) is 12.7. The number of carbonyl (C=O) groups is 1. The first-order valence-electron chi connectivity index (χ1n) is 7.36. The van der Waals surface area contributed by atoms with Gasteiger partial charge in [0.25, 0.3) is 0 Å². The summed E-state index contributed by atoms with van der Waals surface area (Å²) in [6, 6.07) is 3.75. The fraction of sp³-hybridized carbons (Fsp3) is 0.562. The quantitative estimate of drug-likeness (QED) is 0.921. The van der Waals surface area contributed by atoms with E-state index in [0.29, 0.717) is 17.5 Å². The summed E-state index contributed by atoms with van der Waals surface area (Å²) in [5.74, 6) is 0.673. The lowest BCUT2D eigenvalue weighted by molar-refractivity contribution is -0.121. The van der Waals surface area contributed by atoms with E-state index < -0.39 is 5.82 Å². The molecule has 0 aliphatic carbocycles. The first-order valence-corrected chi connectivity index (χ1v) is 7.74. The highest BCUT2D eigenvalue weighted by Crippen LogP contribution is 2.25. The molecule has 2 rings (SSSR count). The number of likely N-dealkylation sites (tertiary alicyclic amines) is 1. The summed E-state index contributed by atoms with van der Waals surface area (Å²) < 4.78 is 13.0. The summed E-state index contributed by atoms with van der Waals surface area (Å²) in [6.07, 6.45) is 1.20. The number of hydrogen-bond acceptors (Lipinski definition) is 2. The van der Waals surface area contributed by atoms with Gasteiger partial charge in [0, 0.05) is 13.1 Å². The minimum atomic E-state index is -0.412. The molecule has 0 unspecified atom stereocenters. The van der Waals surface area contributed by atoms with Crippen molar-refractivity contribution in [1.82, 2.24) is 4.90 Å². The van der Waals surface area contributed by atoms with E-state index in [2.05, 4.69) is 24.1 Å². The summed E-state index contributed by atoms with van der Waals surface area (Å²) in [4.78, 5) is 14.6. The number of anilines is 1. The van der Waals surface area contributed by atoms with E-state index in [1.54, 1.807) is 0 Å². The second kappa shape index (κ2) is 6.75. The van der Waals surface area contributed by atoms with Gasteiger partial charge < -0.3 is 5.32 Å². The van der Waals surface area contributed by atoms with Gasteiger partial charge in [0.2, 0.25) is 5.91 Å². The molecule has 5 heteroatoms. The Morgan fingerprint density at radius 1 is 1.38 bits per heavy atom. The number of benzene rings is 1. The molecule has 3 atom stereocenters. The maximum atomic E-state index is 13.0. The van der Waals surface area contributed by atoms with Crippen LogP contribution < -0.4 is 5.32 Å². The number of halogens is 2. The van der Waals surface area contributed by atoms with Crippen molar-refractivity contribution in [3.8, 4) is 0 Å². The summed E-state index contributed by atoms with van der Waals surface area (Å²) in [5, 5.41) is 3.00. The molecule has 0 radical (unpaired) electrons. The summed E-state index contributed by atoms with van der Waals surface area (Å²) >= 11 is 5.94. The van der Waals surface area contributed by atoms with Crippen LogP contribution in [-0.2, 0) is 4.79 Å². The molecule has 0 saturated carbocycles. The third-order valence-electron chi connectivity index (χ3n) is 4.01. The number of nitrogens with zero attached hydrogens (tertiary/aromatic N) is 1. The van der Waals surface area contributed by atoms with Crippen LogP contribution in [0.1, 0.15) is 27.2 Å². The van der Waals surface area contributed by atoms with E-state index in [4.69, 9.17) is 11.6 Å². The monoisotopic (exact) mass is 312 g/mol. The van der Waals surface area contributed by atoms with Crippen LogP contribution in [-0.4, -0.2) is 29.9 Å². The van der Waals surface area contributed by atoms with E-state index >= 15 is 0 Å². The molecule has 1 heterocycles. The third-order valence-corrected chi connectivity index (χ3v) is 4.33. The van der Waals surface area contributed by atoms with Crippen LogP contribution in [0.4, 0.5) is 10.1 Å². The number of carbonyl (C=O) groups excluding carboxylic acids is 1. The smallest absolute Gasteiger partial charge is 0.241 e. The van der Waals surface area contributed by atoms with Gasteiger partial charge in [0.05, 0.1) is 16.8 Å². The predicted molar refractivity (Wildman–Crippen MR) is 84.0 cm³/mol. The Hall–Kier alpha value is -1.13. The second-order valence-corrected chi connectivity index (χ2v) is 6.60. The molecule has 1 aromatic rings. The fourth-order valence-electron chi connectivity index (χ4n) is 3.02. The van der Waals surface area contributed by atoms with Gasteiger partial charge in [-0.3, -0.25) is 9.69 Å². The van der Waals surface area contributed by atoms with Gasteiger partial charge in [-0.2, -0.15) is 0 Å². The number of hydrogen-bond donors (Lipinski definition) is 1. The molecule has 1 aliphatic heterocycles. The molecule has 1 saturated heterocycles. The van der Waals surface area contributed by atoms with Gasteiger partial charge in [-0.05, 0) is 43.4 Å². The number of piperidine rings is 1. The highest BCUT2D eigenvalue weighted by atomic mass is 35.5. The van der Waals surface area contributed by atoms with Crippen molar-refractivity contribution >= 4 is 23.2 Å². The molecule has 1 aliphatic rings. The zero-order chi connectivity index (χ0) is 15.6. The predicted octanol–water partition coefficient (Wildman–Crippen LogP) is 3.78. The molecule has 3 nitrogen and oxygen atoms in total. The van der Waals surface area contributed by atoms with Gasteiger partial charge in [-0.25, -0.2) is 4.39 Å². The van der Waals surface area contributed by atoms with Crippen LogP contribution in [0.15, 0.2) is 18.2 Å². The van der Waals surface area contributed by atoms with Crippen LogP contribution >= 0.6 is 11.6 Å². The van der Waals surface area contributed by atoms with Crippen LogP contribution in [0.3, 0.4) is 0 Å². The summed E-state index contributed by atoms with van der Waals surface area (Å²) in [5.41, 5.74) is 0.452. The minimum Gasteiger partial charge on any atom is -0.323 e. The average Bonchev–Trinajstić information content (AvgIpc) is 2.40. The highest BCUT2D eigenvalue weighted by Gasteiger charge is 2.28. The van der Waals surface area contributed by atoms with Crippen molar-refractivity contribution in [1.29, 1.82) is 0 Å². The fourth-order valence-corrected chi connectivity index (χ4v) is 3.24. The standard InChI is InChI=1S/C16H22ClFN2O/c1-10-6-11(2)9-20(8-10)12(3)16(21)19-15-5-4-13(18)7-14(15)17/h4-5,7,10-12H,6,8-9H2,1-3H3,(H,19,21)/t10-,11+,12-/m0/s1. The Balaban J connectivity index is 2.02. The van der Waals surface area contributed by atoms with Gasteiger partial charge in [0.15, 0.2) is 0 Å². The van der Waals surface area contributed by atoms with Crippen molar-refractivity contribution in [3.63, 3.8) is 0 Å². The van der Waals surface area contributed by atoms with E-state index in [1.165, 1.54) is 24.6 Å². The molecule has 0 aromatic heterocycles. The minimum absolute atomic E-state index is 0.107. The lowest BCUT2D eigenvalue weighted by Gasteiger charge is -2.38. The molecule has 0 bridgehead atoms. The first-order chi connectivity index (χ1) is 9.86. The van der Waals surface area contributed by atoms with Crippen LogP contribution in [0.5, 0.6) is 0 Å². The van der Waals surface area contributed by atoms with Crippen molar-refractivity contribution < 1.29 is 9.18 Å². The van der Waals surface area contributed by atoms with Gasteiger partial charge in [-0.1, -0.05) is 25.4 Å². The van der Waals surface area contributed by atoms with Crippen LogP contribution in [0.25, 0.3) is 0 Å². The van der Waals surface area contributed by atoms with Gasteiger partial charge in [0.1, 0.15) is 5.82 Å². The molecule has 1 amide bonds. The van der Waals surface area contributed by atoms with Crippen molar-refractivity contribution in [2.24, 2.45) is 11.8 Å². The van der Waals surface area contributed by atoms with Crippen molar-refractivity contribution in [2.75, 3.05) is 18.4 Å². The Morgan fingerprint density at radius 2 is 2.00 bits per heavy atom. The largest absolute Gasteiger partial charge is 0.323 e. The summed E-state index contributed by atoms with van der Waals surface area (Å²) in [6.45, 7) is 8.18. The number of amides is 1.